The van der Waals surface area contributed by atoms with Gasteiger partial charge in [0.25, 0.3) is 0 Å². The van der Waals surface area contributed by atoms with E-state index in [9.17, 15) is 4.79 Å². The van der Waals surface area contributed by atoms with Gasteiger partial charge in [0.05, 0.1) is 5.69 Å². The smallest absolute Gasteiger partial charge is 0.225 e. The van der Waals surface area contributed by atoms with Crippen molar-refractivity contribution in [1.82, 2.24) is 19.7 Å². The van der Waals surface area contributed by atoms with Gasteiger partial charge in [0.1, 0.15) is 0 Å². The Kier molecular flexibility index (Phi) is 6.91. The van der Waals surface area contributed by atoms with Crippen molar-refractivity contribution >= 4 is 17.7 Å². The van der Waals surface area contributed by atoms with E-state index < -0.39 is 0 Å². The van der Waals surface area contributed by atoms with Crippen LogP contribution in [0.1, 0.15) is 37.1 Å². The molecule has 0 aromatic carbocycles. The summed E-state index contributed by atoms with van der Waals surface area (Å²) >= 11 is 1.97. The van der Waals surface area contributed by atoms with Crippen molar-refractivity contribution in [3.63, 3.8) is 0 Å². The predicted octanol–water partition coefficient (Wildman–Crippen LogP) is 2.64. The van der Waals surface area contributed by atoms with Crippen molar-refractivity contribution in [3.05, 3.63) is 29.6 Å². The zero-order valence-electron chi connectivity index (χ0n) is 17.2. The molecule has 0 N–H and O–H groups in total. The number of pyridine rings is 1. The van der Waals surface area contributed by atoms with Crippen LogP contribution in [0.4, 0.5) is 0 Å². The van der Waals surface area contributed by atoms with E-state index in [2.05, 4.69) is 44.8 Å². The van der Waals surface area contributed by atoms with Gasteiger partial charge in [-0.1, -0.05) is 6.07 Å². The number of carbonyl (C=O) groups excluding carboxylic acids is 1. The summed E-state index contributed by atoms with van der Waals surface area (Å²) in [6, 6.07) is 7.01. The van der Waals surface area contributed by atoms with Gasteiger partial charge in [0.15, 0.2) is 0 Å². The number of thioether (sulfide) groups is 1. The van der Waals surface area contributed by atoms with Gasteiger partial charge < -0.3 is 9.80 Å². The second-order valence-corrected chi connectivity index (χ2v) is 9.75. The van der Waals surface area contributed by atoms with Crippen molar-refractivity contribution in [1.29, 1.82) is 0 Å². The minimum absolute atomic E-state index is 0.270. The van der Waals surface area contributed by atoms with E-state index in [1.165, 1.54) is 18.5 Å². The van der Waals surface area contributed by atoms with Crippen LogP contribution in [0.2, 0.25) is 0 Å². The molecule has 3 saturated heterocycles. The molecular weight excluding hydrogens is 368 g/mol. The van der Waals surface area contributed by atoms with Gasteiger partial charge in [-0.2, -0.15) is 11.8 Å². The summed E-state index contributed by atoms with van der Waals surface area (Å²) in [6.07, 6.45) is 4.59. The molecule has 1 aromatic heterocycles. The third-order valence-corrected chi connectivity index (χ3v) is 7.55. The standard InChI is InChI=1S/C22H34N4OS/c1-18-3-2-4-20(23-18)17-24-9-7-21(8-10-24)25-11-5-19(6-12-25)22(27)26-13-15-28-16-14-26/h2-4,19,21H,5-17H2,1H3. The first kappa shape index (κ1) is 20.2. The van der Waals surface area contributed by atoms with Gasteiger partial charge in [-0.05, 0) is 57.8 Å². The first-order chi connectivity index (χ1) is 13.7. The molecular formula is C22H34N4OS. The van der Waals surface area contributed by atoms with Gasteiger partial charge in [0, 0.05) is 61.9 Å². The van der Waals surface area contributed by atoms with Crippen LogP contribution < -0.4 is 0 Å². The van der Waals surface area contributed by atoms with Gasteiger partial charge in [-0.15, -0.1) is 0 Å². The Labute approximate surface area is 173 Å². The van der Waals surface area contributed by atoms with Crippen LogP contribution in [0.25, 0.3) is 0 Å². The molecule has 4 heterocycles. The largest absolute Gasteiger partial charge is 0.341 e. The van der Waals surface area contributed by atoms with Crippen LogP contribution in [0, 0.1) is 12.8 Å². The number of nitrogens with zero attached hydrogens (tertiary/aromatic N) is 4. The predicted molar refractivity (Wildman–Crippen MR) is 115 cm³/mol. The summed E-state index contributed by atoms with van der Waals surface area (Å²) in [5, 5.41) is 0. The number of likely N-dealkylation sites (tertiary alicyclic amines) is 2. The maximum atomic E-state index is 12.8. The Bertz CT molecular complexity index is 648. The molecule has 4 rings (SSSR count). The van der Waals surface area contributed by atoms with E-state index in [-0.39, 0.29) is 5.92 Å². The van der Waals surface area contributed by atoms with Crippen LogP contribution in [0.3, 0.4) is 0 Å². The second-order valence-electron chi connectivity index (χ2n) is 8.53. The Morgan fingerprint density at radius 3 is 2.43 bits per heavy atom. The highest BCUT2D eigenvalue weighted by atomic mass is 32.2. The molecule has 0 radical (unpaired) electrons. The summed E-state index contributed by atoms with van der Waals surface area (Å²) in [4.78, 5) is 24.7. The molecule has 3 aliphatic rings. The highest BCUT2D eigenvalue weighted by Gasteiger charge is 2.32. The molecule has 1 amide bonds. The van der Waals surface area contributed by atoms with Gasteiger partial charge in [0.2, 0.25) is 5.91 Å². The fourth-order valence-corrected chi connectivity index (χ4v) is 5.82. The first-order valence-corrected chi connectivity index (χ1v) is 12.1. The van der Waals surface area contributed by atoms with Crippen LogP contribution in [-0.4, -0.2) is 82.4 Å². The number of piperidine rings is 2. The van der Waals surface area contributed by atoms with E-state index in [1.54, 1.807) is 0 Å². The highest BCUT2D eigenvalue weighted by Crippen LogP contribution is 2.26. The maximum absolute atomic E-state index is 12.8. The van der Waals surface area contributed by atoms with Gasteiger partial charge >= 0.3 is 0 Å². The summed E-state index contributed by atoms with van der Waals surface area (Å²) in [7, 11) is 0. The lowest BCUT2D eigenvalue weighted by atomic mass is 9.92. The Morgan fingerprint density at radius 2 is 1.75 bits per heavy atom. The molecule has 0 unspecified atom stereocenters. The van der Waals surface area contributed by atoms with Crippen LogP contribution in [0.5, 0.6) is 0 Å². The number of aryl methyl sites for hydroxylation is 1. The Morgan fingerprint density at radius 1 is 1.04 bits per heavy atom. The van der Waals surface area contributed by atoms with E-state index >= 15 is 0 Å². The molecule has 1 aromatic rings. The molecule has 0 saturated carbocycles. The SMILES string of the molecule is Cc1cccc(CN2CCC(N3CCC(C(=O)N4CCSCC4)CC3)CC2)n1. The number of amides is 1. The lowest BCUT2D eigenvalue weighted by Gasteiger charge is -2.42. The molecule has 6 heteroatoms. The molecule has 0 spiro atoms. The van der Waals surface area contributed by atoms with Gasteiger partial charge in [-0.25, -0.2) is 0 Å². The first-order valence-electron chi connectivity index (χ1n) is 10.9. The maximum Gasteiger partial charge on any atom is 0.225 e. The molecule has 0 bridgehead atoms. The lowest BCUT2D eigenvalue weighted by molar-refractivity contribution is -0.137. The van der Waals surface area contributed by atoms with Crippen LogP contribution >= 0.6 is 11.8 Å². The zero-order chi connectivity index (χ0) is 19.3. The zero-order valence-corrected chi connectivity index (χ0v) is 18.0. The van der Waals surface area contributed by atoms with E-state index in [4.69, 9.17) is 0 Å². The fraction of sp³-hybridized carbons (Fsp3) is 0.727. The van der Waals surface area contributed by atoms with Gasteiger partial charge in [-0.3, -0.25) is 14.7 Å². The van der Waals surface area contributed by atoms with Crippen LogP contribution in [-0.2, 0) is 11.3 Å². The van der Waals surface area contributed by atoms with E-state index in [0.717, 1.165) is 75.9 Å². The van der Waals surface area contributed by atoms with Crippen molar-refractivity contribution in [2.75, 3.05) is 50.8 Å². The molecule has 28 heavy (non-hydrogen) atoms. The number of hydrogen-bond donors (Lipinski definition) is 0. The van der Waals surface area contributed by atoms with Crippen molar-refractivity contribution in [3.8, 4) is 0 Å². The van der Waals surface area contributed by atoms with Crippen molar-refractivity contribution < 1.29 is 4.79 Å². The lowest BCUT2D eigenvalue weighted by Crippen LogP contribution is -2.50. The molecule has 0 atom stereocenters. The third kappa shape index (κ3) is 5.08. The van der Waals surface area contributed by atoms with Crippen molar-refractivity contribution in [2.24, 2.45) is 5.92 Å². The molecule has 3 aliphatic heterocycles. The fourth-order valence-electron chi connectivity index (χ4n) is 4.91. The number of carbonyl (C=O) groups is 1. The topological polar surface area (TPSA) is 39.7 Å². The van der Waals surface area contributed by atoms with E-state index in [0.29, 0.717) is 11.9 Å². The van der Waals surface area contributed by atoms with Crippen molar-refractivity contribution in [2.45, 2.75) is 45.2 Å². The summed E-state index contributed by atoms with van der Waals surface area (Å²) in [5.74, 6) is 2.93. The molecule has 3 fully saturated rings. The molecule has 5 nitrogen and oxygen atoms in total. The minimum Gasteiger partial charge on any atom is -0.341 e. The Hall–Kier alpha value is -1.11. The third-order valence-electron chi connectivity index (χ3n) is 6.61. The monoisotopic (exact) mass is 402 g/mol. The van der Waals surface area contributed by atoms with E-state index in [1.807, 2.05) is 11.8 Å². The summed E-state index contributed by atoms with van der Waals surface area (Å²) in [6.45, 7) is 9.46. The average Bonchev–Trinajstić information content (AvgIpc) is 2.75. The number of aromatic nitrogens is 1. The summed E-state index contributed by atoms with van der Waals surface area (Å²) < 4.78 is 0. The number of hydrogen-bond acceptors (Lipinski definition) is 5. The summed E-state index contributed by atoms with van der Waals surface area (Å²) in [5.41, 5.74) is 2.29. The highest BCUT2D eigenvalue weighted by molar-refractivity contribution is 7.99. The minimum atomic E-state index is 0.270. The quantitative estimate of drug-likeness (QED) is 0.774. The second kappa shape index (κ2) is 9.59. The number of rotatable bonds is 4. The normalized spacial score (nSPS) is 23.8. The molecule has 154 valence electrons. The molecule has 0 aliphatic carbocycles. The average molecular weight is 403 g/mol. The Balaban J connectivity index is 1.20. The van der Waals surface area contributed by atoms with Crippen LogP contribution in [0.15, 0.2) is 18.2 Å².